The Kier molecular flexibility index (Phi) is 4.52. The summed E-state index contributed by atoms with van der Waals surface area (Å²) in [5.41, 5.74) is 3.06. The molecule has 5 rings (SSSR count). The van der Waals surface area contributed by atoms with Crippen molar-refractivity contribution in [1.29, 1.82) is 0 Å². The van der Waals surface area contributed by atoms with E-state index in [1.54, 1.807) is 21.6 Å². The zero-order valence-electron chi connectivity index (χ0n) is 15.9. The standard InChI is InChI=1S/C19H24N8O/c28-19-13-15-3-1-2-4-16(15)22-26(19)12-9-24-7-10-25(11-8-24)18-6-5-17-21-20-14-27(17)23-18/h5-6,13-14H,1-4,7-12H2. The first-order valence-corrected chi connectivity index (χ1v) is 10.0. The number of hydrogen-bond acceptors (Lipinski definition) is 7. The highest BCUT2D eigenvalue weighted by molar-refractivity contribution is 5.45. The van der Waals surface area contributed by atoms with Crippen molar-refractivity contribution >= 4 is 11.5 Å². The van der Waals surface area contributed by atoms with Gasteiger partial charge in [-0.15, -0.1) is 15.3 Å². The van der Waals surface area contributed by atoms with Gasteiger partial charge in [-0.3, -0.25) is 9.69 Å². The van der Waals surface area contributed by atoms with Gasteiger partial charge >= 0.3 is 0 Å². The van der Waals surface area contributed by atoms with E-state index in [-0.39, 0.29) is 5.56 Å². The van der Waals surface area contributed by atoms with Crippen molar-refractivity contribution in [2.24, 2.45) is 0 Å². The van der Waals surface area contributed by atoms with Gasteiger partial charge in [-0.05, 0) is 43.4 Å². The number of anilines is 1. The fourth-order valence-corrected chi connectivity index (χ4v) is 4.08. The zero-order chi connectivity index (χ0) is 18.9. The molecule has 2 aliphatic rings. The molecule has 1 saturated heterocycles. The van der Waals surface area contributed by atoms with Crippen molar-refractivity contribution in [2.75, 3.05) is 37.6 Å². The van der Waals surface area contributed by atoms with Crippen LogP contribution in [0.2, 0.25) is 0 Å². The van der Waals surface area contributed by atoms with Gasteiger partial charge in [0.1, 0.15) is 12.1 Å². The molecule has 9 nitrogen and oxygen atoms in total. The monoisotopic (exact) mass is 380 g/mol. The molecule has 0 unspecified atom stereocenters. The summed E-state index contributed by atoms with van der Waals surface area (Å²) in [5, 5.41) is 17.1. The number of piperazine rings is 1. The minimum absolute atomic E-state index is 0.0331. The van der Waals surface area contributed by atoms with Crippen LogP contribution in [-0.2, 0) is 19.4 Å². The van der Waals surface area contributed by atoms with Crippen LogP contribution < -0.4 is 10.5 Å². The van der Waals surface area contributed by atoms with E-state index in [0.29, 0.717) is 6.54 Å². The highest BCUT2D eigenvalue weighted by Crippen LogP contribution is 2.17. The molecule has 4 heterocycles. The fraction of sp³-hybridized carbons (Fsp3) is 0.526. The molecular formula is C19H24N8O. The third-order valence-electron chi connectivity index (χ3n) is 5.75. The molecule has 0 bridgehead atoms. The SMILES string of the molecule is O=c1cc2c(nn1CCN1CCN(c3ccc4nncn4n3)CC1)CCCC2. The van der Waals surface area contributed by atoms with Crippen LogP contribution in [0.3, 0.4) is 0 Å². The Morgan fingerprint density at radius 1 is 0.964 bits per heavy atom. The average Bonchev–Trinajstić information content (AvgIpc) is 3.20. The predicted octanol–water partition coefficient (Wildman–Crippen LogP) is 0.382. The number of rotatable bonds is 4. The van der Waals surface area contributed by atoms with Crippen LogP contribution in [0.25, 0.3) is 5.65 Å². The summed E-state index contributed by atoms with van der Waals surface area (Å²) in [6, 6.07) is 5.73. The van der Waals surface area contributed by atoms with Crippen LogP contribution in [0.15, 0.2) is 29.3 Å². The molecule has 28 heavy (non-hydrogen) atoms. The van der Waals surface area contributed by atoms with Gasteiger partial charge in [-0.25, -0.2) is 4.68 Å². The van der Waals surface area contributed by atoms with Crippen molar-refractivity contribution in [1.82, 2.24) is 34.5 Å². The predicted molar refractivity (Wildman–Crippen MR) is 105 cm³/mol. The Labute approximate surface area is 162 Å². The van der Waals surface area contributed by atoms with Crippen LogP contribution >= 0.6 is 0 Å². The summed E-state index contributed by atoms with van der Waals surface area (Å²) in [6.07, 6.45) is 5.96. The molecule has 146 valence electrons. The van der Waals surface area contributed by atoms with Crippen LogP contribution in [-0.4, -0.2) is 67.2 Å². The highest BCUT2D eigenvalue weighted by Gasteiger charge is 2.19. The van der Waals surface area contributed by atoms with E-state index in [1.165, 1.54) is 12.8 Å². The number of aryl methyl sites for hydroxylation is 2. The summed E-state index contributed by atoms with van der Waals surface area (Å²) >= 11 is 0. The van der Waals surface area contributed by atoms with E-state index in [0.717, 1.165) is 68.3 Å². The molecule has 0 N–H and O–H groups in total. The maximum absolute atomic E-state index is 12.3. The lowest BCUT2D eigenvalue weighted by atomic mass is 9.97. The highest BCUT2D eigenvalue weighted by atomic mass is 16.1. The molecule has 9 heteroatoms. The van der Waals surface area contributed by atoms with Gasteiger partial charge in [0, 0.05) is 38.8 Å². The Morgan fingerprint density at radius 3 is 2.71 bits per heavy atom. The van der Waals surface area contributed by atoms with Crippen LogP contribution in [0.5, 0.6) is 0 Å². The van der Waals surface area contributed by atoms with Gasteiger partial charge < -0.3 is 4.90 Å². The molecule has 0 aromatic carbocycles. The van der Waals surface area contributed by atoms with Gasteiger partial charge in [0.15, 0.2) is 5.65 Å². The lowest BCUT2D eigenvalue weighted by Gasteiger charge is -2.35. The topological polar surface area (TPSA) is 84.5 Å². The van der Waals surface area contributed by atoms with E-state index < -0.39 is 0 Å². The second-order valence-electron chi connectivity index (χ2n) is 7.54. The third kappa shape index (κ3) is 3.37. The van der Waals surface area contributed by atoms with E-state index in [9.17, 15) is 4.79 Å². The van der Waals surface area contributed by atoms with E-state index in [4.69, 9.17) is 0 Å². The first-order valence-electron chi connectivity index (χ1n) is 10.0. The Balaban J connectivity index is 1.19. The normalized spacial score (nSPS) is 17.8. The summed E-state index contributed by atoms with van der Waals surface area (Å²) in [6.45, 7) is 5.21. The molecule has 0 radical (unpaired) electrons. The van der Waals surface area contributed by atoms with E-state index in [2.05, 4.69) is 30.2 Å². The zero-order valence-corrected chi connectivity index (χ0v) is 15.9. The summed E-state index contributed by atoms with van der Waals surface area (Å²) in [5.74, 6) is 0.944. The molecular weight excluding hydrogens is 356 g/mol. The number of aromatic nitrogens is 6. The summed E-state index contributed by atoms with van der Waals surface area (Å²) < 4.78 is 3.36. The van der Waals surface area contributed by atoms with Crippen molar-refractivity contribution in [3.05, 3.63) is 46.1 Å². The van der Waals surface area contributed by atoms with Gasteiger partial charge in [-0.2, -0.15) is 9.61 Å². The number of nitrogens with zero attached hydrogens (tertiary/aromatic N) is 8. The smallest absolute Gasteiger partial charge is 0.267 e. The largest absolute Gasteiger partial charge is 0.353 e. The second kappa shape index (κ2) is 7.31. The van der Waals surface area contributed by atoms with Crippen LogP contribution in [0.1, 0.15) is 24.1 Å². The van der Waals surface area contributed by atoms with Crippen LogP contribution in [0, 0.1) is 0 Å². The summed E-state index contributed by atoms with van der Waals surface area (Å²) in [7, 11) is 0. The minimum atomic E-state index is 0.0331. The molecule has 1 fully saturated rings. The fourth-order valence-electron chi connectivity index (χ4n) is 4.08. The van der Waals surface area contributed by atoms with Gasteiger partial charge in [-0.1, -0.05) is 0 Å². The molecule has 0 amide bonds. The number of fused-ring (bicyclic) bond motifs is 2. The third-order valence-corrected chi connectivity index (χ3v) is 5.75. The average molecular weight is 380 g/mol. The molecule has 0 saturated carbocycles. The Morgan fingerprint density at radius 2 is 1.82 bits per heavy atom. The van der Waals surface area contributed by atoms with Crippen molar-refractivity contribution in [3.63, 3.8) is 0 Å². The van der Waals surface area contributed by atoms with Gasteiger partial charge in [0.05, 0.1) is 12.2 Å². The quantitative estimate of drug-likeness (QED) is 0.647. The maximum atomic E-state index is 12.3. The van der Waals surface area contributed by atoms with Crippen LogP contribution in [0.4, 0.5) is 5.82 Å². The minimum Gasteiger partial charge on any atom is -0.353 e. The van der Waals surface area contributed by atoms with Crippen molar-refractivity contribution in [3.8, 4) is 0 Å². The van der Waals surface area contributed by atoms with Gasteiger partial charge in [0.25, 0.3) is 5.56 Å². The molecule has 1 aliphatic heterocycles. The van der Waals surface area contributed by atoms with Crippen molar-refractivity contribution in [2.45, 2.75) is 32.2 Å². The Hall–Kier alpha value is -2.81. The number of hydrogen-bond donors (Lipinski definition) is 0. The van der Waals surface area contributed by atoms with Gasteiger partial charge in [0.2, 0.25) is 0 Å². The Bertz CT molecular complexity index is 1030. The second-order valence-corrected chi connectivity index (χ2v) is 7.54. The van der Waals surface area contributed by atoms with Crippen molar-refractivity contribution < 1.29 is 0 Å². The molecule has 1 aliphatic carbocycles. The first-order chi connectivity index (χ1) is 13.8. The lowest BCUT2D eigenvalue weighted by Crippen LogP contribution is -2.48. The molecule has 0 atom stereocenters. The lowest BCUT2D eigenvalue weighted by molar-refractivity contribution is 0.241. The molecule has 3 aromatic rings. The maximum Gasteiger partial charge on any atom is 0.267 e. The summed E-state index contributed by atoms with van der Waals surface area (Å²) in [4.78, 5) is 17.0. The molecule has 0 spiro atoms. The van der Waals surface area contributed by atoms with E-state index in [1.807, 2.05) is 12.1 Å². The van der Waals surface area contributed by atoms with E-state index >= 15 is 0 Å². The first kappa shape index (κ1) is 17.3. The molecule has 3 aromatic heterocycles.